The number of ether oxygens (including phenoxy) is 1. The van der Waals surface area contributed by atoms with Crippen molar-refractivity contribution in [3.05, 3.63) is 36.0 Å². The number of nitrogens with zero attached hydrogens (tertiary/aromatic N) is 2. The average Bonchev–Trinajstić information content (AvgIpc) is 3.07. The molecular formula is C17H23N3O2. The Bertz CT molecular complexity index is 521. The van der Waals surface area contributed by atoms with Crippen molar-refractivity contribution in [1.82, 2.24) is 10.3 Å². The molecule has 2 aliphatic rings. The second kappa shape index (κ2) is 7.40. The first kappa shape index (κ1) is 15.0. The molecule has 1 amide bonds. The molecule has 1 aliphatic carbocycles. The molecule has 2 heterocycles. The normalized spacial score (nSPS) is 21.1. The minimum Gasteiger partial charge on any atom is -0.378 e. The van der Waals surface area contributed by atoms with Crippen LogP contribution in [0.2, 0.25) is 0 Å². The molecule has 1 atom stereocenters. The lowest BCUT2D eigenvalue weighted by atomic mass is 10.1. The highest BCUT2D eigenvalue weighted by atomic mass is 16.5. The van der Waals surface area contributed by atoms with E-state index in [1.807, 2.05) is 18.3 Å². The van der Waals surface area contributed by atoms with Gasteiger partial charge in [-0.05, 0) is 30.4 Å². The Morgan fingerprint density at radius 1 is 1.36 bits per heavy atom. The summed E-state index contributed by atoms with van der Waals surface area (Å²) in [6, 6.07) is 4.06. The van der Waals surface area contributed by atoms with Crippen LogP contribution in [0.25, 0.3) is 0 Å². The molecular weight excluding hydrogens is 278 g/mol. The van der Waals surface area contributed by atoms with E-state index < -0.39 is 0 Å². The molecule has 1 saturated heterocycles. The van der Waals surface area contributed by atoms with Crippen molar-refractivity contribution in [3.8, 4) is 0 Å². The Labute approximate surface area is 131 Å². The Morgan fingerprint density at radius 2 is 2.23 bits per heavy atom. The maximum Gasteiger partial charge on any atom is 0.220 e. The van der Waals surface area contributed by atoms with Crippen LogP contribution in [-0.4, -0.2) is 37.2 Å². The van der Waals surface area contributed by atoms with E-state index in [9.17, 15) is 4.79 Å². The summed E-state index contributed by atoms with van der Waals surface area (Å²) < 4.78 is 5.34. The molecule has 5 heteroatoms. The number of pyridine rings is 1. The lowest BCUT2D eigenvalue weighted by Crippen LogP contribution is -2.36. The van der Waals surface area contributed by atoms with E-state index in [0.717, 1.165) is 50.5 Å². The second-order valence-electron chi connectivity index (χ2n) is 5.87. The molecule has 22 heavy (non-hydrogen) atoms. The van der Waals surface area contributed by atoms with Crippen LogP contribution in [0.15, 0.2) is 30.5 Å². The first-order valence-corrected chi connectivity index (χ1v) is 8.02. The number of allylic oxidation sites excluding steroid dienone is 2. The fraction of sp³-hybridized carbons (Fsp3) is 0.529. The number of hydrogen-bond donors (Lipinski definition) is 1. The van der Waals surface area contributed by atoms with Crippen LogP contribution in [0.3, 0.4) is 0 Å². The molecule has 0 spiro atoms. The maximum absolute atomic E-state index is 11.9. The van der Waals surface area contributed by atoms with Crippen LogP contribution < -0.4 is 10.2 Å². The number of rotatable bonds is 5. The summed E-state index contributed by atoms with van der Waals surface area (Å²) >= 11 is 0. The van der Waals surface area contributed by atoms with Gasteiger partial charge in [0.15, 0.2) is 0 Å². The minimum atomic E-state index is 0.119. The van der Waals surface area contributed by atoms with E-state index in [4.69, 9.17) is 4.74 Å². The zero-order valence-electron chi connectivity index (χ0n) is 12.8. The molecule has 5 nitrogen and oxygen atoms in total. The van der Waals surface area contributed by atoms with E-state index in [2.05, 4.69) is 27.4 Å². The second-order valence-corrected chi connectivity index (χ2v) is 5.87. The number of morpholine rings is 1. The minimum absolute atomic E-state index is 0.119. The Morgan fingerprint density at radius 3 is 2.91 bits per heavy atom. The molecule has 0 bridgehead atoms. The molecule has 1 aliphatic heterocycles. The fourth-order valence-electron chi connectivity index (χ4n) is 2.88. The highest BCUT2D eigenvalue weighted by Crippen LogP contribution is 2.20. The summed E-state index contributed by atoms with van der Waals surface area (Å²) in [5.41, 5.74) is 1.03. The predicted molar refractivity (Wildman–Crippen MR) is 85.6 cm³/mol. The van der Waals surface area contributed by atoms with Gasteiger partial charge in [0.25, 0.3) is 0 Å². The molecule has 1 N–H and O–H groups in total. The maximum atomic E-state index is 11.9. The van der Waals surface area contributed by atoms with Gasteiger partial charge >= 0.3 is 0 Å². The number of nitrogens with one attached hydrogen (secondary N) is 1. The first-order valence-electron chi connectivity index (χ1n) is 8.02. The van der Waals surface area contributed by atoms with Crippen LogP contribution in [0, 0.1) is 5.92 Å². The summed E-state index contributed by atoms with van der Waals surface area (Å²) in [7, 11) is 0. The summed E-state index contributed by atoms with van der Waals surface area (Å²) in [5, 5.41) is 2.98. The summed E-state index contributed by atoms with van der Waals surface area (Å²) in [5.74, 6) is 1.52. The Hall–Kier alpha value is -1.88. The zero-order chi connectivity index (χ0) is 15.2. The molecule has 0 aromatic carbocycles. The molecule has 1 fully saturated rings. The van der Waals surface area contributed by atoms with Gasteiger partial charge in [0.1, 0.15) is 5.82 Å². The van der Waals surface area contributed by atoms with Gasteiger partial charge in [0, 0.05) is 32.3 Å². The topological polar surface area (TPSA) is 54.5 Å². The van der Waals surface area contributed by atoms with E-state index in [-0.39, 0.29) is 5.91 Å². The quantitative estimate of drug-likeness (QED) is 0.844. The van der Waals surface area contributed by atoms with Crippen LogP contribution in [0.5, 0.6) is 0 Å². The van der Waals surface area contributed by atoms with Crippen molar-refractivity contribution >= 4 is 11.7 Å². The standard InChI is InChI=1S/C17H23N3O2/c21-17(11-14-3-1-2-4-14)19-13-15-5-6-16(18-12-15)20-7-9-22-10-8-20/h1,3,5-6,12,14H,2,4,7-11,13H2,(H,19,21)/t14-/m1/s1. The van der Waals surface area contributed by atoms with E-state index in [0.29, 0.717) is 18.9 Å². The summed E-state index contributed by atoms with van der Waals surface area (Å²) in [6.45, 7) is 3.84. The Kier molecular flexibility index (Phi) is 5.06. The van der Waals surface area contributed by atoms with Crippen molar-refractivity contribution in [2.75, 3.05) is 31.2 Å². The van der Waals surface area contributed by atoms with Gasteiger partial charge in [-0.3, -0.25) is 4.79 Å². The Balaban J connectivity index is 1.46. The van der Waals surface area contributed by atoms with Gasteiger partial charge in [-0.1, -0.05) is 18.2 Å². The van der Waals surface area contributed by atoms with Gasteiger partial charge < -0.3 is 15.0 Å². The van der Waals surface area contributed by atoms with Crippen molar-refractivity contribution in [1.29, 1.82) is 0 Å². The molecule has 3 rings (SSSR count). The summed E-state index contributed by atoms with van der Waals surface area (Å²) in [6.07, 6.45) is 8.95. The molecule has 118 valence electrons. The van der Waals surface area contributed by atoms with Crippen LogP contribution in [0.1, 0.15) is 24.8 Å². The van der Waals surface area contributed by atoms with Gasteiger partial charge in [0.2, 0.25) is 5.91 Å². The van der Waals surface area contributed by atoms with E-state index in [1.165, 1.54) is 0 Å². The van der Waals surface area contributed by atoms with Gasteiger partial charge in [-0.15, -0.1) is 0 Å². The highest BCUT2D eigenvalue weighted by Gasteiger charge is 2.14. The SMILES string of the molecule is O=C(C[C@@H]1C=CCC1)NCc1ccc(N2CCOCC2)nc1. The zero-order valence-corrected chi connectivity index (χ0v) is 12.8. The largest absolute Gasteiger partial charge is 0.378 e. The monoisotopic (exact) mass is 301 g/mol. The highest BCUT2D eigenvalue weighted by molar-refractivity contribution is 5.76. The van der Waals surface area contributed by atoms with E-state index >= 15 is 0 Å². The smallest absolute Gasteiger partial charge is 0.220 e. The van der Waals surface area contributed by atoms with Crippen molar-refractivity contribution in [3.63, 3.8) is 0 Å². The first-order chi connectivity index (χ1) is 10.8. The molecule has 0 saturated carbocycles. The van der Waals surface area contributed by atoms with Gasteiger partial charge in [-0.25, -0.2) is 4.98 Å². The molecule has 0 radical (unpaired) electrons. The molecule has 1 aromatic rings. The fourth-order valence-corrected chi connectivity index (χ4v) is 2.88. The van der Waals surface area contributed by atoms with Crippen molar-refractivity contribution in [2.24, 2.45) is 5.92 Å². The predicted octanol–water partition coefficient (Wildman–Crippen LogP) is 1.89. The van der Waals surface area contributed by atoms with Crippen LogP contribution >= 0.6 is 0 Å². The number of carbonyl (C=O) groups excluding carboxylic acids is 1. The lowest BCUT2D eigenvalue weighted by Gasteiger charge is -2.27. The number of aromatic nitrogens is 1. The average molecular weight is 301 g/mol. The third-order valence-corrected chi connectivity index (χ3v) is 4.19. The third-order valence-electron chi connectivity index (χ3n) is 4.19. The van der Waals surface area contributed by atoms with Crippen LogP contribution in [-0.2, 0) is 16.1 Å². The van der Waals surface area contributed by atoms with E-state index in [1.54, 1.807) is 0 Å². The number of hydrogen-bond acceptors (Lipinski definition) is 4. The van der Waals surface area contributed by atoms with Gasteiger partial charge in [0.05, 0.1) is 13.2 Å². The molecule has 1 aromatic heterocycles. The summed E-state index contributed by atoms with van der Waals surface area (Å²) in [4.78, 5) is 18.6. The van der Waals surface area contributed by atoms with Gasteiger partial charge in [-0.2, -0.15) is 0 Å². The van der Waals surface area contributed by atoms with Crippen molar-refractivity contribution in [2.45, 2.75) is 25.8 Å². The van der Waals surface area contributed by atoms with Crippen LogP contribution in [0.4, 0.5) is 5.82 Å². The number of carbonyl (C=O) groups is 1. The van der Waals surface area contributed by atoms with Crippen molar-refractivity contribution < 1.29 is 9.53 Å². The third kappa shape index (κ3) is 4.07. The number of amides is 1. The number of anilines is 1. The molecule has 0 unspecified atom stereocenters. The lowest BCUT2D eigenvalue weighted by molar-refractivity contribution is -0.121.